The molecule has 1 aliphatic carbocycles. The number of rotatable bonds is 5. The van der Waals surface area contributed by atoms with E-state index in [2.05, 4.69) is 0 Å². The molecule has 4 rings (SSSR count). The highest BCUT2D eigenvalue weighted by molar-refractivity contribution is 5.94. The van der Waals surface area contributed by atoms with Gasteiger partial charge in [0.2, 0.25) is 0 Å². The first-order chi connectivity index (χ1) is 11.7. The van der Waals surface area contributed by atoms with E-state index in [9.17, 15) is 9.90 Å². The van der Waals surface area contributed by atoms with Crippen LogP contribution < -0.4 is 10.3 Å². The van der Waals surface area contributed by atoms with Crippen molar-refractivity contribution in [2.45, 2.75) is 19.4 Å². The van der Waals surface area contributed by atoms with Crippen LogP contribution in [-0.2, 0) is 13.7 Å². The Morgan fingerprint density at radius 3 is 2.88 bits per heavy atom. The molecule has 2 aromatic heterocycles. The van der Waals surface area contributed by atoms with Gasteiger partial charge >= 0.3 is 0 Å². The molecule has 1 aromatic carbocycles. The standard InChI is InChI=1S/C19H19NO4/c1-20-9-16(14-6-7-23-18(14)19(20)22)15-8-13(10-21)4-5-17(15)24-11-12-2-3-12/h4-9,12,21H,2-3,10-11H2,1H3. The topological polar surface area (TPSA) is 64.6 Å². The highest BCUT2D eigenvalue weighted by Crippen LogP contribution is 2.37. The van der Waals surface area contributed by atoms with E-state index in [1.807, 2.05) is 18.2 Å². The number of pyridine rings is 1. The summed E-state index contributed by atoms with van der Waals surface area (Å²) in [5.41, 5.74) is 2.69. The van der Waals surface area contributed by atoms with Gasteiger partial charge in [-0.15, -0.1) is 0 Å². The van der Waals surface area contributed by atoms with Gasteiger partial charge < -0.3 is 18.8 Å². The van der Waals surface area contributed by atoms with E-state index in [0.717, 1.165) is 27.8 Å². The summed E-state index contributed by atoms with van der Waals surface area (Å²) in [6.45, 7) is 0.655. The predicted molar refractivity (Wildman–Crippen MR) is 91.0 cm³/mol. The van der Waals surface area contributed by atoms with Gasteiger partial charge in [0.1, 0.15) is 5.75 Å². The van der Waals surface area contributed by atoms with Crippen LogP contribution in [0.3, 0.4) is 0 Å². The van der Waals surface area contributed by atoms with Crippen LogP contribution in [0.25, 0.3) is 22.1 Å². The predicted octanol–water partition coefficient (Wildman–Crippen LogP) is 3.08. The van der Waals surface area contributed by atoms with Gasteiger partial charge in [-0.25, -0.2) is 0 Å². The van der Waals surface area contributed by atoms with Crippen LogP contribution in [0.15, 0.2) is 45.9 Å². The van der Waals surface area contributed by atoms with Gasteiger partial charge in [-0.3, -0.25) is 4.79 Å². The fourth-order valence-electron chi connectivity index (χ4n) is 2.89. The van der Waals surface area contributed by atoms with Gasteiger partial charge in [0.25, 0.3) is 5.56 Å². The largest absolute Gasteiger partial charge is 0.493 e. The van der Waals surface area contributed by atoms with E-state index in [0.29, 0.717) is 18.1 Å². The average Bonchev–Trinajstić information content (AvgIpc) is 3.30. The Morgan fingerprint density at radius 1 is 1.29 bits per heavy atom. The van der Waals surface area contributed by atoms with Crippen LogP contribution in [0.1, 0.15) is 18.4 Å². The summed E-state index contributed by atoms with van der Waals surface area (Å²) >= 11 is 0. The molecule has 5 heteroatoms. The summed E-state index contributed by atoms with van der Waals surface area (Å²) in [7, 11) is 1.70. The van der Waals surface area contributed by atoms with Crippen LogP contribution in [0.4, 0.5) is 0 Å². The number of aliphatic hydroxyl groups excluding tert-OH is 1. The van der Waals surface area contributed by atoms with E-state index in [-0.39, 0.29) is 12.2 Å². The molecule has 1 N–H and O–H groups in total. The monoisotopic (exact) mass is 325 g/mol. The summed E-state index contributed by atoms with van der Waals surface area (Å²) in [6, 6.07) is 7.46. The Kier molecular flexibility index (Phi) is 3.65. The van der Waals surface area contributed by atoms with Gasteiger partial charge in [-0.05, 0) is 42.5 Å². The zero-order chi connectivity index (χ0) is 16.7. The third-order valence-corrected chi connectivity index (χ3v) is 4.48. The number of hydrogen-bond acceptors (Lipinski definition) is 4. The Morgan fingerprint density at radius 2 is 2.12 bits per heavy atom. The van der Waals surface area contributed by atoms with Crippen molar-refractivity contribution in [2.75, 3.05) is 6.61 Å². The van der Waals surface area contributed by atoms with Gasteiger partial charge in [-0.2, -0.15) is 0 Å². The molecule has 0 amide bonds. The third kappa shape index (κ3) is 2.61. The van der Waals surface area contributed by atoms with Gasteiger partial charge in [-0.1, -0.05) is 6.07 Å². The number of aliphatic hydroxyl groups is 1. The summed E-state index contributed by atoms with van der Waals surface area (Å²) < 4.78 is 12.9. The van der Waals surface area contributed by atoms with Crippen molar-refractivity contribution < 1.29 is 14.3 Å². The fraction of sp³-hybridized carbons (Fsp3) is 0.316. The van der Waals surface area contributed by atoms with Crippen molar-refractivity contribution in [3.63, 3.8) is 0 Å². The number of aromatic nitrogens is 1. The van der Waals surface area contributed by atoms with Gasteiger partial charge in [0.15, 0.2) is 5.58 Å². The molecule has 1 aliphatic rings. The highest BCUT2D eigenvalue weighted by Gasteiger charge is 2.23. The minimum Gasteiger partial charge on any atom is -0.493 e. The molecule has 0 radical (unpaired) electrons. The maximum Gasteiger partial charge on any atom is 0.293 e. The van der Waals surface area contributed by atoms with Crippen molar-refractivity contribution in [3.05, 3.63) is 52.6 Å². The van der Waals surface area contributed by atoms with Crippen LogP contribution in [0.5, 0.6) is 5.75 Å². The Bertz CT molecular complexity index is 950. The van der Waals surface area contributed by atoms with Gasteiger partial charge in [0.05, 0.1) is 19.5 Å². The van der Waals surface area contributed by atoms with E-state index in [1.165, 1.54) is 23.7 Å². The molecular weight excluding hydrogens is 306 g/mol. The normalized spacial score (nSPS) is 14.2. The van der Waals surface area contributed by atoms with Crippen LogP contribution >= 0.6 is 0 Å². The molecule has 2 heterocycles. The molecule has 1 fully saturated rings. The van der Waals surface area contributed by atoms with E-state index >= 15 is 0 Å². The quantitative estimate of drug-likeness (QED) is 0.783. The molecule has 0 spiro atoms. The van der Waals surface area contributed by atoms with Crippen LogP contribution in [0, 0.1) is 5.92 Å². The first kappa shape index (κ1) is 15.0. The minimum absolute atomic E-state index is 0.0454. The Labute approximate surface area is 139 Å². The van der Waals surface area contributed by atoms with Crippen LogP contribution in [0.2, 0.25) is 0 Å². The lowest BCUT2D eigenvalue weighted by atomic mass is 10.0. The zero-order valence-electron chi connectivity index (χ0n) is 13.5. The molecule has 3 aromatic rings. The Hall–Kier alpha value is -2.53. The third-order valence-electron chi connectivity index (χ3n) is 4.48. The molecular formula is C19H19NO4. The SMILES string of the molecule is Cn1cc(-c2cc(CO)ccc2OCC2CC2)c2ccoc2c1=O. The second kappa shape index (κ2) is 5.83. The van der Waals surface area contributed by atoms with Crippen LogP contribution in [-0.4, -0.2) is 16.3 Å². The summed E-state index contributed by atoms with van der Waals surface area (Å²) in [6.07, 6.45) is 5.75. The minimum atomic E-state index is -0.169. The lowest BCUT2D eigenvalue weighted by Gasteiger charge is -2.14. The molecule has 1 saturated carbocycles. The van der Waals surface area contributed by atoms with E-state index in [4.69, 9.17) is 9.15 Å². The number of hydrogen-bond donors (Lipinski definition) is 1. The van der Waals surface area contributed by atoms with Crippen molar-refractivity contribution in [2.24, 2.45) is 13.0 Å². The van der Waals surface area contributed by atoms with Crippen molar-refractivity contribution in [3.8, 4) is 16.9 Å². The molecule has 0 bridgehead atoms. The lowest BCUT2D eigenvalue weighted by molar-refractivity contribution is 0.280. The second-order valence-electron chi connectivity index (χ2n) is 6.37. The molecule has 24 heavy (non-hydrogen) atoms. The summed E-state index contributed by atoms with van der Waals surface area (Å²) in [4.78, 5) is 12.2. The molecule has 0 saturated heterocycles. The molecule has 0 unspecified atom stereocenters. The highest BCUT2D eigenvalue weighted by atomic mass is 16.5. The molecule has 5 nitrogen and oxygen atoms in total. The summed E-state index contributed by atoms with van der Waals surface area (Å²) in [5, 5.41) is 10.2. The smallest absolute Gasteiger partial charge is 0.293 e. The van der Waals surface area contributed by atoms with Gasteiger partial charge in [0, 0.05) is 29.8 Å². The molecule has 0 aliphatic heterocycles. The number of aryl methyl sites for hydroxylation is 1. The number of benzene rings is 1. The number of nitrogens with zero attached hydrogens (tertiary/aromatic N) is 1. The van der Waals surface area contributed by atoms with Crippen molar-refractivity contribution in [1.82, 2.24) is 4.57 Å². The number of fused-ring (bicyclic) bond motifs is 1. The Balaban J connectivity index is 1.89. The van der Waals surface area contributed by atoms with E-state index in [1.54, 1.807) is 19.3 Å². The average molecular weight is 325 g/mol. The first-order valence-electron chi connectivity index (χ1n) is 8.11. The lowest BCUT2D eigenvalue weighted by Crippen LogP contribution is -2.15. The maximum absolute atomic E-state index is 12.2. The number of furan rings is 1. The first-order valence-corrected chi connectivity index (χ1v) is 8.11. The van der Waals surface area contributed by atoms with E-state index < -0.39 is 0 Å². The van der Waals surface area contributed by atoms with Crippen molar-refractivity contribution in [1.29, 1.82) is 0 Å². The maximum atomic E-state index is 12.2. The fourth-order valence-corrected chi connectivity index (χ4v) is 2.89. The molecule has 124 valence electrons. The summed E-state index contributed by atoms with van der Waals surface area (Å²) in [5.74, 6) is 1.41. The number of ether oxygens (including phenoxy) is 1. The molecule has 0 atom stereocenters. The second-order valence-corrected chi connectivity index (χ2v) is 6.37. The van der Waals surface area contributed by atoms with Crippen molar-refractivity contribution >= 4 is 11.0 Å². The zero-order valence-corrected chi connectivity index (χ0v) is 13.5.